The Morgan fingerprint density at radius 3 is 2.24 bits per heavy atom. The highest BCUT2D eigenvalue weighted by atomic mass is 15.0. The van der Waals surface area contributed by atoms with Gasteiger partial charge >= 0.3 is 0 Å². The number of nitrogens with one attached hydrogen (secondary N) is 1. The Morgan fingerprint density at radius 1 is 1.00 bits per heavy atom. The summed E-state index contributed by atoms with van der Waals surface area (Å²) in [5.74, 6) is 0. The minimum Gasteiger partial charge on any atom is -0.309 e. The maximum atomic E-state index is 3.93. The van der Waals surface area contributed by atoms with Gasteiger partial charge in [0.05, 0.1) is 0 Å². The molecular formula is C16H33N. The van der Waals surface area contributed by atoms with Crippen molar-refractivity contribution < 1.29 is 0 Å². The second-order valence-electron chi connectivity index (χ2n) is 6.20. The predicted molar refractivity (Wildman–Crippen MR) is 77.5 cm³/mol. The third-order valence-corrected chi connectivity index (χ3v) is 4.52. The monoisotopic (exact) mass is 239 g/mol. The van der Waals surface area contributed by atoms with E-state index in [0.717, 1.165) is 6.04 Å². The fourth-order valence-corrected chi connectivity index (χ4v) is 3.03. The summed E-state index contributed by atoms with van der Waals surface area (Å²) in [4.78, 5) is 0. The highest BCUT2D eigenvalue weighted by molar-refractivity contribution is 4.87. The molecule has 1 saturated carbocycles. The van der Waals surface area contributed by atoms with Crippen LogP contribution in [0.25, 0.3) is 0 Å². The van der Waals surface area contributed by atoms with Gasteiger partial charge < -0.3 is 5.32 Å². The van der Waals surface area contributed by atoms with Gasteiger partial charge in [-0.1, -0.05) is 58.8 Å². The third-order valence-electron chi connectivity index (χ3n) is 4.52. The first-order chi connectivity index (χ1) is 8.20. The summed E-state index contributed by atoms with van der Waals surface area (Å²) in [6, 6.07) is 0.815. The van der Waals surface area contributed by atoms with Crippen molar-refractivity contribution in [2.24, 2.45) is 0 Å². The van der Waals surface area contributed by atoms with E-state index in [1.54, 1.807) is 0 Å². The zero-order chi connectivity index (χ0) is 12.6. The molecule has 0 aromatic heterocycles. The molecule has 0 aliphatic heterocycles. The van der Waals surface area contributed by atoms with Crippen molar-refractivity contribution in [3.05, 3.63) is 0 Å². The van der Waals surface area contributed by atoms with E-state index >= 15 is 0 Å². The second kappa shape index (κ2) is 8.13. The van der Waals surface area contributed by atoms with E-state index < -0.39 is 0 Å². The van der Waals surface area contributed by atoms with Gasteiger partial charge in [-0.05, 0) is 32.6 Å². The van der Waals surface area contributed by atoms with Crippen molar-refractivity contribution in [1.29, 1.82) is 0 Å². The van der Waals surface area contributed by atoms with Crippen LogP contribution in [0.2, 0.25) is 0 Å². The molecule has 1 unspecified atom stereocenters. The van der Waals surface area contributed by atoms with Crippen molar-refractivity contribution >= 4 is 0 Å². The van der Waals surface area contributed by atoms with Gasteiger partial charge in [0, 0.05) is 11.6 Å². The van der Waals surface area contributed by atoms with Gasteiger partial charge in [-0.2, -0.15) is 0 Å². The summed E-state index contributed by atoms with van der Waals surface area (Å²) in [6.45, 7) is 7.07. The fourth-order valence-electron chi connectivity index (χ4n) is 3.03. The van der Waals surface area contributed by atoms with E-state index in [4.69, 9.17) is 0 Å². The van der Waals surface area contributed by atoms with Gasteiger partial charge in [0.2, 0.25) is 0 Å². The molecule has 0 bridgehead atoms. The average molecular weight is 239 g/mol. The standard InChI is InChI=1S/C16H33N/c1-4-6-7-8-11-14-16(3,5-2)17-15-12-9-10-13-15/h15,17H,4-14H2,1-3H3. The zero-order valence-electron chi connectivity index (χ0n) is 12.4. The Hall–Kier alpha value is -0.0400. The molecular weight excluding hydrogens is 206 g/mol. The van der Waals surface area contributed by atoms with Crippen LogP contribution in [-0.2, 0) is 0 Å². The molecule has 1 rings (SSSR count). The lowest BCUT2D eigenvalue weighted by atomic mass is 9.90. The lowest BCUT2D eigenvalue weighted by Crippen LogP contribution is -2.46. The molecule has 0 aromatic carbocycles. The smallest absolute Gasteiger partial charge is 0.0153 e. The molecule has 0 heterocycles. The van der Waals surface area contributed by atoms with E-state index in [-0.39, 0.29) is 0 Å². The molecule has 1 aliphatic carbocycles. The summed E-state index contributed by atoms with van der Waals surface area (Å²) in [7, 11) is 0. The Kier molecular flexibility index (Phi) is 7.18. The van der Waals surface area contributed by atoms with E-state index in [0.29, 0.717) is 5.54 Å². The van der Waals surface area contributed by atoms with Crippen LogP contribution in [0.3, 0.4) is 0 Å². The Balaban J connectivity index is 2.19. The number of unbranched alkanes of at least 4 members (excludes halogenated alkanes) is 4. The van der Waals surface area contributed by atoms with Crippen LogP contribution in [0.15, 0.2) is 0 Å². The van der Waals surface area contributed by atoms with Crippen LogP contribution in [0, 0.1) is 0 Å². The summed E-state index contributed by atoms with van der Waals surface area (Å²) < 4.78 is 0. The minimum atomic E-state index is 0.404. The molecule has 0 saturated heterocycles. The van der Waals surface area contributed by atoms with E-state index in [1.165, 1.54) is 70.6 Å². The zero-order valence-corrected chi connectivity index (χ0v) is 12.4. The van der Waals surface area contributed by atoms with Crippen molar-refractivity contribution in [2.75, 3.05) is 0 Å². The maximum absolute atomic E-state index is 3.93. The number of rotatable bonds is 9. The minimum absolute atomic E-state index is 0.404. The maximum Gasteiger partial charge on any atom is 0.0153 e. The largest absolute Gasteiger partial charge is 0.309 e. The predicted octanol–water partition coefficient (Wildman–Crippen LogP) is 5.05. The van der Waals surface area contributed by atoms with Crippen molar-refractivity contribution in [3.63, 3.8) is 0 Å². The fraction of sp³-hybridized carbons (Fsp3) is 1.00. The molecule has 1 atom stereocenters. The molecule has 0 aromatic rings. The molecule has 1 nitrogen and oxygen atoms in total. The molecule has 0 radical (unpaired) electrons. The molecule has 1 aliphatic rings. The van der Waals surface area contributed by atoms with Gasteiger partial charge in [0.1, 0.15) is 0 Å². The van der Waals surface area contributed by atoms with E-state index in [9.17, 15) is 0 Å². The van der Waals surface area contributed by atoms with Crippen LogP contribution in [0.4, 0.5) is 0 Å². The van der Waals surface area contributed by atoms with Gasteiger partial charge in [-0.25, -0.2) is 0 Å². The quantitative estimate of drug-likeness (QED) is 0.555. The van der Waals surface area contributed by atoms with Gasteiger partial charge in [-0.3, -0.25) is 0 Å². The highest BCUT2D eigenvalue weighted by Gasteiger charge is 2.26. The van der Waals surface area contributed by atoms with Crippen LogP contribution >= 0.6 is 0 Å². The SMILES string of the molecule is CCCCCCCC(C)(CC)NC1CCCC1. The normalized spacial score (nSPS) is 20.6. The van der Waals surface area contributed by atoms with Crippen LogP contribution in [-0.4, -0.2) is 11.6 Å². The van der Waals surface area contributed by atoms with Crippen molar-refractivity contribution in [1.82, 2.24) is 5.32 Å². The first kappa shape index (κ1) is 15.0. The Bertz CT molecular complexity index is 184. The Morgan fingerprint density at radius 2 is 1.65 bits per heavy atom. The number of hydrogen-bond acceptors (Lipinski definition) is 1. The summed E-state index contributed by atoms with van der Waals surface area (Å²) in [6.07, 6.45) is 15.4. The second-order valence-corrected chi connectivity index (χ2v) is 6.20. The molecule has 1 heteroatoms. The number of hydrogen-bond donors (Lipinski definition) is 1. The molecule has 0 amide bonds. The van der Waals surface area contributed by atoms with Crippen LogP contribution in [0.1, 0.15) is 91.4 Å². The molecule has 0 spiro atoms. The van der Waals surface area contributed by atoms with Gasteiger partial charge in [-0.15, -0.1) is 0 Å². The first-order valence-corrected chi connectivity index (χ1v) is 7.98. The van der Waals surface area contributed by atoms with Crippen molar-refractivity contribution in [2.45, 2.75) is 103 Å². The van der Waals surface area contributed by atoms with Crippen LogP contribution < -0.4 is 5.32 Å². The topological polar surface area (TPSA) is 12.0 Å². The van der Waals surface area contributed by atoms with Gasteiger partial charge in [0.25, 0.3) is 0 Å². The van der Waals surface area contributed by atoms with E-state index in [1.807, 2.05) is 0 Å². The first-order valence-electron chi connectivity index (χ1n) is 7.98. The molecule has 1 fully saturated rings. The molecule has 17 heavy (non-hydrogen) atoms. The Labute approximate surface area is 109 Å². The summed E-state index contributed by atoms with van der Waals surface area (Å²) in [5, 5.41) is 3.93. The van der Waals surface area contributed by atoms with Crippen LogP contribution in [0.5, 0.6) is 0 Å². The lowest BCUT2D eigenvalue weighted by molar-refractivity contribution is 0.271. The highest BCUT2D eigenvalue weighted by Crippen LogP contribution is 2.25. The average Bonchev–Trinajstić information content (AvgIpc) is 2.81. The third kappa shape index (κ3) is 5.90. The summed E-state index contributed by atoms with van der Waals surface area (Å²) >= 11 is 0. The molecule has 1 N–H and O–H groups in total. The van der Waals surface area contributed by atoms with Gasteiger partial charge in [0.15, 0.2) is 0 Å². The molecule has 102 valence electrons. The lowest BCUT2D eigenvalue weighted by Gasteiger charge is -2.33. The van der Waals surface area contributed by atoms with E-state index in [2.05, 4.69) is 26.1 Å². The van der Waals surface area contributed by atoms with Crippen molar-refractivity contribution in [3.8, 4) is 0 Å². The summed E-state index contributed by atoms with van der Waals surface area (Å²) in [5.41, 5.74) is 0.404.